The molecule has 0 radical (unpaired) electrons. The quantitative estimate of drug-likeness (QED) is 0.724. The van der Waals surface area contributed by atoms with Gasteiger partial charge in [0.2, 0.25) is 0 Å². The van der Waals surface area contributed by atoms with Crippen LogP contribution in [0.4, 0.5) is 4.79 Å². The Labute approximate surface area is 125 Å². The Bertz CT molecular complexity index is 394. The van der Waals surface area contributed by atoms with Crippen LogP contribution in [0.2, 0.25) is 5.02 Å². The molecule has 0 atom stereocenters. The number of likely N-dealkylation sites (N-methyl/N-ethyl adjacent to an activating group) is 1. The Hall–Kier alpha value is -1.46. The molecule has 0 aliphatic rings. The number of carbonyl (C=O) groups excluding carboxylic acids is 1. The Morgan fingerprint density at radius 2 is 1.85 bits per heavy atom. The number of halogens is 1. The molecule has 1 rings (SSSR count). The van der Waals surface area contributed by atoms with E-state index >= 15 is 0 Å². The fourth-order valence-corrected chi connectivity index (χ4v) is 1.77. The summed E-state index contributed by atoms with van der Waals surface area (Å²) in [6.07, 6.45) is 0. The first-order valence-corrected chi connectivity index (χ1v) is 7.16. The lowest BCUT2D eigenvalue weighted by atomic mass is 10.3. The third kappa shape index (κ3) is 6.63. The summed E-state index contributed by atoms with van der Waals surface area (Å²) in [5.41, 5.74) is 0. The van der Waals surface area contributed by atoms with E-state index in [9.17, 15) is 4.79 Å². The summed E-state index contributed by atoms with van der Waals surface area (Å²) in [6, 6.07) is 6.75. The van der Waals surface area contributed by atoms with Gasteiger partial charge in [-0.05, 0) is 37.4 Å². The molecule has 20 heavy (non-hydrogen) atoms. The molecule has 6 heteroatoms. The summed E-state index contributed by atoms with van der Waals surface area (Å²) in [7, 11) is 0. The Kier molecular flexibility index (Phi) is 7.84. The molecule has 0 saturated carbocycles. The van der Waals surface area contributed by atoms with Crippen molar-refractivity contribution in [2.45, 2.75) is 13.8 Å². The second-order valence-electron chi connectivity index (χ2n) is 4.20. The predicted octanol–water partition coefficient (Wildman–Crippen LogP) is 2.32. The van der Waals surface area contributed by atoms with Crippen molar-refractivity contribution in [3.8, 4) is 5.75 Å². The number of ether oxygens (including phenoxy) is 1. The van der Waals surface area contributed by atoms with E-state index in [1.807, 2.05) is 0 Å². The number of carbonyl (C=O) groups is 1. The van der Waals surface area contributed by atoms with Gasteiger partial charge in [-0.2, -0.15) is 0 Å². The van der Waals surface area contributed by atoms with Crippen LogP contribution >= 0.6 is 11.6 Å². The number of rotatable bonds is 8. The lowest BCUT2D eigenvalue weighted by Gasteiger charge is -2.18. The molecular weight excluding hydrogens is 278 g/mol. The number of amides is 2. The summed E-state index contributed by atoms with van der Waals surface area (Å²) in [4.78, 5) is 13.7. The van der Waals surface area contributed by atoms with Crippen molar-refractivity contribution >= 4 is 17.6 Å². The second kappa shape index (κ2) is 9.44. The van der Waals surface area contributed by atoms with Crippen LogP contribution in [0, 0.1) is 0 Å². The summed E-state index contributed by atoms with van der Waals surface area (Å²) in [5, 5.41) is 6.07. The zero-order valence-electron chi connectivity index (χ0n) is 12.0. The van der Waals surface area contributed by atoms with E-state index in [4.69, 9.17) is 16.3 Å². The molecule has 2 N–H and O–H groups in total. The van der Waals surface area contributed by atoms with E-state index in [0.29, 0.717) is 17.3 Å². The van der Waals surface area contributed by atoms with Crippen molar-refractivity contribution in [2.24, 2.45) is 0 Å². The fraction of sp³-hybridized carbons (Fsp3) is 0.500. The number of nitrogens with one attached hydrogen (secondary N) is 2. The monoisotopic (exact) mass is 299 g/mol. The van der Waals surface area contributed by atoms with Gasteiger partial charge >= 0.3 is 6.03 Å². The highest BCUT2D eigenvalue weighted by Crippen LogP contribution is 2.14. The van der Waals surface area contributed by atoms with Crippen LogP contribution in [0.3, 0.4) is 0 Å². The number of benzene rings is 1. The molecule has 1 aromatic rings. The van der Waals surface area contributed by atoms with Crippen LogP contribution in [-0.4, -0.2) is 43.8 Å². The maximum Gasteiger partial charge on any atom is 0.317 e. The third-order valence-electron chi connectivity index (χ3n) is 2.89. The second-order valence-corrected chi connectivity index (χ2v) is 4.64. The van der Waals surface area contributed by atoms with Gasteiger partial charge in [-0.25, -0.2) is 4.79 Å². The van der Waals surface area contributed by atoms with Crippen molar-refractivity contribution in [3.05, 3.63) is 29.3 Å². The van der Waals surface area contributed by atoms with Gasteiger partial charge in [0, 0.05) is 18.1 Å². The lowest BCUT2D eigenvalue weighted by molar-refractivity contribution is 0.221. The summed E-state index contributed by atoms with van der Waals surface area (Å²) < 4.78 is 5.36. The molecule has 0 unspecified atom stereocenters. The van der Waals surface area contributed by atoms with Crippen LogP contribution in [-0.2, 0) is 0 Å². The molecule has 0 fully saturated rings. The summed E-state index contributed by atoms with van der Waals surface area (Å²) in [5.74, 6) is 0.665. The first kappa shape index (κ1) is 16.6. The average Bonchev–Trinajstić information content (AvgIpc) is 2.46. The Morgan fingerprint density at radius 1 is 1.20 bits per heavy atom. The van der Waals surface area contributed by atoms with Gasteiger partial charge in [0.1, 0.15) is 5.75 Å². The molecule has 112 valence electrons. The first-order valence-electron chi connectivity index (χ1n) is 6.78. The Morgan fingerprint density at radius 3 is 2.45 bits per heavy atom. The standard InChI is InChI=1S/C14H22ClN3O2/c1-3-18(4-2)10-9-16-14(19)17-11-20-13-7-5-12(15)6-8-13/h5-8H,3-4,9-11H2,1-2H3,(H2,16,17,19). The largest absolute Gasteiger partial charge is 0.473 e. The smallest absolute Gasteiger partial charge is 0.317 e. The molecule has 0 aliphatic heterocycles. The van der Waals surface area contributed by atoms with E-state index in [1.165, 1.54) is 0 Å². The van der Waals surface area contributed by atoms with E-state index in [-0.39, 0.29) is 12.8 Å². The van der Waals surface area contributed by atoms with Crippen molar-refractivity contribution < 1.29 is 9.53 Å². The first-order chi connectivity index (χ1) is 9.65. The SMILES string of the molecule is CCN(CC)CCNC(=O)NCOc1ccc(Cl)cc1. The molecule has 1 aromatic carbocycles. The third-order valence-corrected chi connectivity index (χ3v) is 3.15. The van der Waals surface area contributed by atoms with Crippen molar-refractivity contribution in [1.29, 1.82) is 0 Å². The molecule has 0 aliphatic carbocycles. The minimum atomic E-state index is -0.230. The van der Waals surface area contributed by atoms with Gasteiger partial charge in [0.05, 0.1) is 0 Å². The molecule has 0 saturated heterocycles. The lowest BCUT2D eigenvalue weighted by Crippen LogP contribution is -2.41. The molecule has 0 bridgehead atoms. The normalized spacial score (nSPS) is 10.4. The fourth-order valence-electron chi connectivity index (χ4n) is 1.65. The zero-order chi connectivity index (χ0) is 14.8. The van der Waals surface area contributed by atoms with E-state index in [2.05, 4.69) is 29.4 Å². The average molecular weight is 300 g/mol. The van der Waals surface area contributed by atoms with Crippen LogP contribution in [0.1, 0.15) is 13.8 Å². The van der Waals surface area contributed by atoms with Gasteiger partial charge < -0.3 is 20.3 Å². The van der Waals surface area contributed by atoms with Crippen LogP contribution in [0.25, 0.3) is 0 Å². The maximum atomic E-state index is 11.5. The van der Waals surface area contributed by atoms with Gasteiger partial charge in [-0.15, -0.1) is 0 Å². The highest BCUT2D eigenvalue weighted by atomic mass is 35.5. The van der Waals surface area contributed by atoms with Crippen LogP contribution < -0.4 is 15.4 Å². The molecular formula is C14H22ClN3O2. The maximum absolute atomic E-state index is 11.5. The molecule has 0 spiro atoms. The van der Waals surface area contributed by atoms with Gasteiger partial charge in [-0.3, -0.25) is 0 Å². The van der Waals surface area contributed by atoms with Crippen LogP contribution in [0.15, 0.2) is 24.3 Å². The predicted molar refractivity (Wildman–Crippen MR) is 81.3 cm³/mol. The highest BCUT2D eigenvalue weighted by Gasteiger charge is 2.02. The Balaban J connectivity index is 2.12. The van der Waals surface area contributed by atoms with E-state index in [1.54, 1.807) is 24.3 Å². The molecule has 5 nitrogen and oxygen atoms in total. The van der Waals surface area contributed by atoms with Gasteiger partial charge in [0.25, 0.3) is 0 Å². The molecule has 2 amide bonds. The van der Waals surface area contributed by atoms with Crippen LogP contribution in [0.5, 0.6) is 5.75 Å². The topological polar surface area (TPSA) is 53.6 Å². The number of hydrogen-bond acceptors (Lipinski definition) is 3. The highest BCUT2D eigenvalue weighted by molar-refractivity contribution is 6.30. The number of urea groups is 1. The van der Waals surface area contributed by atoms with E-state index in [0.717, 1.165) is 19.6 Å². The molecule has 0 aromatic heterocycles. The zero-order valence-corrected chi connectivity index (χ0v) is 12.7. The van der Waals surface area contributed by atoms with Gasteiger partial charge in [0.15, 0.2) is 6.73 Å². The van der Waals surface area contributed by atoms with Crippen molar-refractivity contribution in [3.63, 3.8) is 0 Å². The van der Waals surface area contributed by atoms with Crippen molar-refractivity contribution in [2.75, 3.05) is 32.9 Å². The number of nitrogens with zero attached hydrogens (tertiary/aromatic N) is 1. The number of hydrogen-bond donors (Lipinski definition) is 2. The summed E-state index contributed by atoms with van der Waals surface area (Å²) in [6.45, 7) is 7.76. The van der Waals surface area contributed by atoms with E-state index < -0.39 is 0 Å². The van der Waals surface area contributed by atoms with Gasteiger partial charge in [-0.1, -0.05) is 25.4 Å². The minimum Gasteiger partial charge on any atom is -0.473 e. The summed E-state index contributed by atoms with van der Waals surface area (Å²) >= 11 is 5.76. The van der Waals surface area contributed by atoms with Crippen molar-refractivity contribution in [1.82, 2.24) is 15.5 Å². The minimum absolute atomic E-state index is 0.124. The molecule has 0 heterocycles.